The third kappa shape index (κ3) is 2.78. The fourth-order valence-electron chi connectivity index (χ4n) is 12.1. The van der Waals surface area contributed by atoms with E-state index in [1.54, 1.807) is 0 Å². The normalized spacial score (nSPS) is 60.9. The van der Waals surface area contributed by atoms with Gasteiger partial charge in [-0.25, -0.2) is 0 Å². The van der Waals surface area contributed by atoms with Crippen LogP contribution >= 0.6 is 0 Å². The van der Waals surface area contributed by atoms with E-state index in [4.69, 9.17) is 4.74 Å². The Bertz CT molecular complexity index is 911. The fourth-order valence-corrected chi connectivity index (χ4v) is 12.1. The van der Waals surface area contributed by atoms with E-state index >= 15 is 0 Å². The first-order valence-corrected chi connectivity index (χ1v) is 14.4. The summed E-state index contributed by atoms with van der Waals surface area (Å²) in [5.74, 6) is 0.577. The lowest BCUT2D eigenvalue weighted by molar-refractivity contribution is -0.213. The number of aliphatic hydroxyl groups is 4. The molecule has 5 heteroatoms. The highest BCUT2D eigenvalue weighted by Crippen LogP contribution is 2.89. The average Bonchev–Trinajstić information content (AvgIpc) is 3.08. The predicted octanol–water partition coefficient (Wildman–Crippen LogP) is 4.44. The number of rotatable bonds is 2. The Kier molecular flexibility index (Phi) is 4.92. The second-order valence-electron chi connectivity index (χ2n) is 15.9. The summed E-state index contributed by atoms with van der Waals surface area (Å²) in [5.41, 5.74) is -1.35. The minimum absolute atomic E-state index is 0.0267. The van der Waals surface area contributed by atoms with Crippen molar-refractivity contribution in [2.24, 2.45) is 44.8 Å². The Morgan fingerprint density at radius 3 is 2.09 bits per heavy atom. The van der Waals surface area contributed by atoms with Crippen LogP contribution in [0.1, 0.15) is 106 Å². The maximum atomic E-state index is 11.7. The standard InChI is InChI=1S/C30H50O5/c1-24(2)20(33)8-11-30-16-29(30)13-12-26(5)23(28(7)10-9-21(35-28)25(3,4)34)18(32)15-27(26,6)19(29)14-17(31)22(24)30/h17-23,31-34H,8-16H2,1-7H3/t17-,18+,19-,20+,21-,22+,23+,26+,27-,28+,29-,30-/m0/s1. The summed E-state index contributed by atoms with van der Waals surface area (Å²) in [5, 5.41) is 45.0. The molecule has 12 atom stereocenters. The third-order valence-corrected chi connectivity index (χ3v) is 13.8. The maximum absolute atomic E-state index is 11.7. The molecule has 1 saturated heterocycles. The van der Waals surface area contributed by atoms with Crippen LogP contribution in [0.3, 0.4) is 0 Å². The van der Waals surface area contributed by atoms with Gasteiger partial charge in [-0.15, -0.1) is 0 Å². The largest absolute Gasteiger partial charge is 0.393 e. The summed E-state index contributed by atoms with van der Waals surface area (Å²) in [7, 11) is 0. The third-order valence-electron chi connectivity index (χ3n) is 13.8. The first-order chi connectivity index (χ1) is 16.0. The average molecular weight is 491 g/mol. The molecule has 1 heterocycles. The molecule has 0 aromatic heterocycles. The van der Waals surface area contributed by atoms with E-state index in [-0.39, 0.29) is 51.1 Å². The topological polar surface area (TPSA) is 90.2 Å². The van der Waals surface area contributed by atoms with Crippen LogP contribution in [0.5, 0.6) is 0 Å². The lowest BCUT2D eigenvalue weighted by Crippen LogP contribution is -2.62. The molecule has 5 nitrogen and oxygen atoms in total. The van der Waals surface area contributed by atoms with Crippen LogP contribution < -0.4 is 0 Å². The Morgan fingerprint density at radius 1 is 0.771 bits per heavy atom. The van der Waals surface area contributed by atoms with E-state index < -0.39 is 23.4 Å². The van der Waals surface area contributed by atoms with Crippen molar-refractivity contribution in [3.8, 4) is 0 Å². The summed E-state index contributed by atoms with van der Waals surface area (Å²) in [6.07, 6.45) is 7.18. The van der Waals surface area contributed by atoms with Crippen molar-refractivity contribution in [3.05, 3.63) is 0 Å². The summed E-state index contributed by atoms with van der Waals surface area (Å²) >= 11 is 0. The molecule has 35 heavy (non-hydrogen) atoms. The molecular formula is C30H50O5. The van der Waals surface area contributed by atoms with Crippen LogP contribution in [0, 0.1) is 44.8 Å². The molecule has 0 unspecified atom stereocenters. The number of fused-ring (bicyclic) bond motifs is 2. The Morgan fingerprint density at radius 2 is 1.46 bits per heavy atom. The van der Waals surface area contributed by atoms with Crippen molar-refractivity contribution in [2.75, 3.05) is 0 Å². The highest BCUT2D eigenvalue weighted by atomic mass is 16.5. The molecule has 1 aliphatic heterocycles. The van der Waals surface area contributed by atoms with Crippen LogP contribution in [0.4, 0.5) is 0 Å². The lowest BCUT2D eigenvalue weighted by Gasteiger charge is -2.64. The second kappa shape index (κ2) is 6.86. The number of hydrogen-bond donors (Lipinski definition) is 4. The summed E-state index contributed by atoms with van der Waals surface area (Å²) in [6, 6.07) is 0. The van der Waals surface area contributed by atoms with Crippen LogP contribution in [-0.4, -0.2) is 56.0 Å². The Hall–Kier alpha value is -0.200. The molecule has 0 aromatic carbocycles. The molecular weight excluding hydrogens is 440 g/mol. The van der Waals surface area contributed by atoms with Gasteiger partial charge >= 0.3 is 0 Å². The van der Waals surface area contributed by atoms with Crippen molar-refractivity contribution in [1.29, 1.82) is 0 Å². The van der Waals surface area contributed by atoms with Gasteiger partial charge in [0.25, 0.3) is 0 Å². The van der Waals surface area contributed by atoms with Crippen LogP contribution in [-0.2, 0) is 4.74 Å². The zero-order chi connectivity index (χ0) is 25.6. The number of aliphatic hydroxyl groups excluding tert-OH is 3. The van der Waals surface area contributed by atoms with Crippen molar-refractivity contribution >= 4 is 0 Å². The number of ether oxygens (including phenoxy) is 1. The maximum Gasteiger partial charge on any atom is 0.0865 e. The SMILES string of the molecule is CC(C)(O)[C@@H]1CC[C@](C)([C@@H]2[C@H](O)C[C@@]3(C)[C@@H]4C[C@H](O)[C@@H]5C(C)(C)[C@H](O)CC[C@]56C[C@@]46CC[C@]23C)O1. The van der Waals surface area contributed by atoms with E-state index in [0.29, 0.717) is 5.92 Å². The lowest BCUT2D eigenvalue weighted by atomic mass is 9.41. The molecule has 0 bridgehead atoms. The van der Waals surface area contributed by atoms with Crippen LogP contribution in [0.2, 0.25) is 0 Å². The Labute approximate surface area is 212 Å². The fraction of sp³-hybridized carbons (Fsp3) is 1.00. The molecule has 2 spiro atoms. The molecule has 6 rings (SSSR count). The first kappa shape index (κ1) is 25.1. The number of hydrogen-bond acceptors (Lipinski definition) is 5. The summed E-state index contributed by atoms with van der Waals surface area (Å²) in [6.45, 7) is 15.0. The highest BCUT2D eigenvalue weighted by Gasteiger charge is 2.84. The molecule has 0 radical (unpaired) electrons. The molecule has 200 valence electrons. The van der Waals surface area contributed by atoms with E-state index in [1.165, 1.54) is 6.42 Å². The predicted molar refractivity (Wildman–Crippen MR) is 134 cm³/mol. The molecule has 6 fully saturated rings. The van der Waals surface area contributed by atoms with Crippen molar-refractivity contribution in [1.82, 2.24) is 0 Å². The Balaban J connectivity index is 1.37. The molecule has 4 N–H and O–H groups in total. The van der Waals surface area contributed by atoms with Crippen molar-refractivity contribution in [2.45, 2.75) is 142 Å². The molecule has 5 saturated carbocycles. The van der Waals surface area contributed by atoms with Gasteiger partial charge in [0.05, 0.1) is 35.6 Å². The van der Waals surface area contributed by atoms with Gasteiger partial charge in [-0.1, -0.05) is 27.7 Å². The van der Waals surface area contributed by atoms with E-state index in [2.05, 4.69) is 34.6 Å². The zero-order valence-electron chi connectivity index (χ0n) is 23.1. The van der Waals surface area contributed by atoms with E-state index in [0.717, 1.165) is 51.4 Å². The molecule has 5 aliphatic carbocycles. The van der Waals surface area contributed by atoms with Gasteiger partial charge in [0.15, 0.2) is 0 Å². The first-order valence-electron chi connectivity index (χ1n) is 14.4. The van der Waals surface area contributed by atoms with Crippen molar-refractivity contribution in [3.63, 3.8) is 0 Å². The van der Waals surface area contributed by atoms with Gasteiger partial charge in [-0.05, 0) is 117 Å². The zero-order valence-corrected chi connectivity index (χ0v) is 23.1. The summed E-state index contributed by atoms with van der Waals surface area (Å²) in [4.78, 5) is 0. The van der Waals surface area contributed by atoms with Crippen LogP contribution in [0.15, 0.2) is 0 Å². The monoisotopic (exact) mass is 490 g/mol. The van der Waals surface area contributed by atoms with Gasteiger partial charge in [-0.2, -0.15) is 0 Å². The minimum atomic E-state index is -0.886. The molecule has 6 aliphatic rings. The smallest absolute Gasteiger partial charge is 0.0865 e. The van der Waals surface area contributed by atoms with Gasteiger partial charge in [-0.3, -0.25) is 0 Å². The second-order valence-corrected chi connectivity index (χ2v) is 15.9. The minimum Gasteiger partial charge on any atom is -0.393 e. The van der Waals surface area contributed by atoms with Crippen LogP contribution in [0.25, 0.3) is 0 Å². The van der Waals surface area contributed by atoms with E-state index in [1.807, 2.05) is 13.8 Å². The van der Waals surface area contributed by atoms with Gasteiger partial charge < -0.3 is 25.2 Å². The highest BCUT2D eigenvalue weighted by molar-refractivity contribution is 5.33. The summed E-state index contributed by atoms with van der Waals surface area (Å²) < 4.78 is 6.66. The quantitative estimate of drug-likeness (QED) is 0.460. The van der Waals surface area contributed by atoms with E-state index in [9.17, 15) is 20.4 Å². The molecule has 0 amide bonds. The van der Waals surface area contributed by atoms with Crippen molar-refractivity contribution < 1.29 is 25.2 Å². The van der Waals surface area contributed by atoms with Gasteiger partial charge in [0.1, 0.15) is 0 Å². The molecule has 0 aromatic rings. The van der Waals surface area contributed by atoms with Gasteiger partial charge in [0, 0.05) is 5.92 Å². The van der Waals surface area contributed by atoms with Gasteiger partial charge in [0.2, 0.25) is 0 Å².